The first-order valence-corrected chi connectivity index (χ1v) is 6.29. The summed E-state index contributed by atoms with van der Waals surface area (Å²) in [5, 5.41) is 3.03. The minimum atomic E-state index is -4.19. The Hall–Kier alpha value is -0.750. The van der Waals surface area contributed by atoms with Crippen LogP contribution >= 0.6 is 15.9 Å². The molecular weight excluding hydrogens is 311 g/mol. The molecule has 0 bridgehead atoms. The number of ether oxygens (including phenoxy) is 1. The van der Waals surface area contributed by atoms with Crippen LogP contribution in [0.5, 0.6) is 5.75 Å². The lowest BCUT2D eigenvalue weighted by Crippen LogP contribution is -2.16. The van der Waals surface area contributed by atoms with Crippen molar-refractivity contribution in [2.24, 2.45) is 0 Å². The molecule has 2 nitrogen and oxygen atoms in total. The van der Waals surface area contributed by atoms with Crippen LogP contribution in [0.1, 0.15) is 24.9 Å². The van der Waals surface area contributed by atoms with Gasteiger partial charge in [0, 0.05) is 16.1 Å². The molecule has 0 amide bonds. The first kappa shape index (κ1) is 15.3. The van der Waals surface area contributed by atoms with E-state index in [2.05, 4.69) is 21.2 Å². The van der Waals surface area contributed by atoms with E-state index in [0.29, 0.717) is 5.75 Å². The van der Waals surface area contributed by atoms with Crippen LogP contribution in [0.15, 0.2) is 22.7 Å². The molecule has 0 saturated heterocycles. The van der Waals surface area contributed by atoms with Gasteiger partial charge in [0.25, 0.3) is 0 Å². The summed E-state index contributed by atoms with van der Waals surface area (Å²) in [6, 6.07) is 5.26. The highest BCUT2D eigenvalue weighted by Crippen LogP contribution is 2.29. The van der Waals surface area contributed by atoms with Crippen LogP contribution in [0.2, 0.25) is 0 Å². The van der Waals surface area contributed by atoms with Crippen LogP contribution in [0.25, 0.3) is 0 Å². The molecule has 1 unspecified atom stereocenters. The van der Waals surface area contributed by atoms with Crippen molar-refractivity contribution >= 4 is 15.9 Å². The Labute approximate surface area is 113 Å². The van der Waals surface area contributed by atoms with E-state index in [1.807, 2.05) is 13.0 Å². The standard InChI is InChI=1S/C12H15BrF3NO/c1-8(17-2)10-7-9(13)3-4-11(10)18-6-5-12(14,15)16/h3-4,7-8,17H,5-6H2,1-2H3. The predicted octanol–water partition coefficient (Wildman–Crippen LogP) is 4.06. The molecule has 102 valence electrons. The van der Waals surface area contributed by atoms with Crippen LogP contribution in [0.4, 0.5) is 13.2 Å². The van der Waals surface area contributed by atoms with E-state index >= 15 is 0 Å². The van der Waals surface area contributed by atoms with Crippen molar-refractivity contribution in [2.75, 3.05) is 13.7 Å². The molecule has 0 fully saturated rings. The highest BCUT2D eigenvalue weighted by atomic mass is 79.9. The van der Waals surface area contributed by atoms with Crippen molar-refractivity contribution in [1.82, 2.24) is 5.32 Å². The Morgan fingerprint density at radius 2 is 2.06 bits per heavy atom. The Morgan fingerprint density at radius 1 is 1.39 bits per heavy atom. The van der Waals surface area contributed by atoms with Gasteiger partial charge in [-0.25, -0.2) is 0 Å². The molecule has 1 rings (SSSR count). The zero-order chi connectivity index (χ0) is 13.8. The fraction of sp³-hybridized carbons (Fsp3) is 0.500. The highest BCUT2D eigenvalue weighted by Gasteiger charge is 2.27. The topological polar surface area (TPSA) is 21.3 Å². The second kappa shape index (κ2) is 6.43. The number of alkyl halides is 3. The van der Waals surface area contributed by atoms with Crippen molar-refractivity contribution in [2.45, 2.75) is 25.6 Å². The van der Waals surface area contributed by atoms with Gasteiger partial charge in [-0.2, -0.15) is 13.2 Å². The van der Waals surface area contributed by atoms with Crippen molar-refractivity contribution < 1.29 is 17.9 Å². The van der Waals surface area contributed by atoms with Crippen molar-refractivity contribution in [3.63, 3.8) is 0 Å². The summed E-state index contributed by atoms with van der Waals surface area (Å²) >= 11 is 3.33. The van der Waals surface area contributed by atoms with Crippen LogP contribution in [0.3, 0.4) is 0 Å². The molecule has 1 atom stereocenters. The molecule has 0 aliphatic heterocycles. The van der Waals surface area contributed by atoms with Crippen LogP contribution < -0.4 is 10.1 Å². The minimum absolute atomic E-state index is 0.00314. The van der Waals surface area contributed by atoms with E-state index in [-0.39, 0.29) is 12.6 Å². The number of nitrogens with one attached hydrogen (secondary N) is 1. The Morgan fingerprint density at radius 3 is 2.61 bits per heavy atom. The van der Waals surface area contributed by atoms with Gasteiger partial charge in [-0.1, -0.05) is 15.9 Å². The van der Waals surface area contributed by atoms with Gasteiger partial charge in [0.05, 0.1) is 13.0 Å². The third-order valence-corrected chi connectivity index (χ3v) is 3.01. The third kappa shape index (κ3) is 4.86. The molecule has 0 saturated carbocycles. The van der Waals surface area contributed by atoms with Crippen LogP contribution in [-0.4, -0.2) is 19.8 Å². The smallest absolute Gasteiger partial charge is 0.392 e. The van der Waals surface area contributed by atoms with Gasteiger partial charge in [-0.15, -0.1) is 0 Å². The zero-order valence-electron chi connectivity index (χ0n) is 10.1. The second-order valence-corrected chi connectivity index (χ2v) is 4.82. The fourth-order valence-corrected chi connectivity index (χ4v) is 1.80. The van der Waals surface area contributed by atoms with Gasteiger partial charge >= 0.3 is 6.18 Å². The average molecular weight is 326 g/mol. The molecule has 0 aliphatic carbocycles. The zero-order valence-corrected chi connectivity index (χ0v) is 11.7. The Balaban J connectivity index is 2.75. The highest BCUT2D eigenvalue weighted by molar-refractivity contribution is 9.10. The summed E-state index contributed by atoms with van der Waals surface area (Å²) in [4.78, 5) is 0. The molecule has 1 aromatic carbocycles. The normalized spacial score (nSPS) is 13.4. The maximum Gasteiger partial charge on any atom is 0.392 e. The van der Waals surface area contributed by atoms with E-state index in [0.717, 1.165) is 10.0 Å². The van der Waals surface area contributed by atoms with Crippen molar-refractivity contribution in [3.8, 4) is 5.75 Å². The molecule has 18 heavy (non-hydrogen) atoms. The first-order valence-electron chi connectivity index (χ1n) is 5.50. The predicted molar refractivity (Wildman–Crippen MR) is 67.8 cm³/mol. The van der Waals surface area contributed by atoms with Gasteiger partial charge in [0.1, 0.15) is 5.75 Å². The summed E-state index contributed by atoms with van der Waals surface area (Å²) in [6.07, 6.45) is -5.14. The van der Waals surface area contributed by atoms with E-state index in [1.165, 1.54) is 0 Å². The average Bonchev–Trinajstić information content (AvgIpc) is 2.28. The number of hydrogen-bond acceptors (Lipinski definition) is 2. The van der Waals surface area contributed by atoms with Crippen molar-refractivity contribution in [3.05, 3.63) is 28.2 Å². The molecule has 0 heterocycles. The summed E-state index contributed by atoms with van der Waals surface area (Å²) in [5.74, 6) is 0.476. The monoisotopic (exact) mass is 325 g/mol. The fourth-order valence-electron chi connectivity index (χ4n) is 1.42. The summed E-state index contributed by atoms with van der Waals surface area (Å²) in [5.41, 5.74) is 0.828. The molecular formula is C12H15BrF3NO. The van der Waals surface area contributed by atoms with Crippen LogP contribution in [-0.2, 0) is 0 Å². The summed E-state index contributed by atoms with van der Waals surface area (Å²) < 4.78 is 42.2. The molecule has 0 spiro atoms. The Bertz CT molecular complexity index is 395. The summed E-state index contributed by atoms with van der Waals surface area (Å²) in [7, 11) is 1.78. The maximum absolute atomic E-state index is 12.0. The minimum Gasteiger partial charge on any atom is -0.493 e. The molecule has 0 radical (unpaired) electrons. The lowest BCUT2D eigenvalue weighted by atomic mass is 10.1. The van der Waals surface area contributed by atoms with E-state index in [4.69, 9.17) is 4.74 Å². The Kier molecular flexibility index (Phi) is 5.47. The van der Waals surface area contributed by atoms with Gasteiger partial charge in [0.2, 0.25) is 0 Å². The van der Waals surface area contributed by atoms with Gasteiger partial charge in [0.15, 0.2) is 0 Å². The first-order chi connectivity index (χ1) is 8.33. The van der Waals surface area contributed by atoms with Crippen molar-refractivity contribution in [1.29, 1.82) is 0 Å². The number of halogens is 4. The largest absolute Gasteiger partial charge is 0.493 e. The molecule has 0 aromatic heterocycles. The molecule has 1 aromatic rings. The van der Waals surface area contributed by atoms with E-state index < -0.39 is 12.6 Å². The van der Waals surface area contributed by atoms with E-state index in [9.17, 15) is 13.2 Å². The molecule has 1 N–H and O–H groups in total. The lowest BCUT2D eigenvalue weighted by Gasteiger charge is -2.17. The second-order valence-electron chi connectivity index (χ2n) is 3.91. The number of benzene rings is 1. The number of rotatable bonds is 5. The van der Waals surface area contributed by atoms with E-state index in [1.54, 1.807) is 19.2 Å². The molecule has 0 aliphatic rings. The van der Waals surface area contributed by atoms with Gasteiger partial charge in [-0.05, 0) is 32.2 Å². The lowest BCUT2D eigenvalue weighted by molar-refractivity contribution is -0.139. The van der Waals surface area contributed by atoms with Crippen LogP contribution in [0, 0.1) is 0 Å². The SMILES string of the molecule is CNC(C)c1cc(Br)ccc1OCCC(F)(F)F. The quantitative estimate of drug-likeness (QED) is 0.881. The third-order valence-electron chi connectivity index (χ3n) is 2.51. The summed E-state index contributed by atoms with van der Waals surface area (Å²) in [6.45, 7) is 1.55. The maximum atomic E-state index is 12.0. The van der Waals surface area contributed by atoms with Gasteiger partial charge in [-0.3, -0.25) is 0 Å². The van der Waals surface area contributed by atoms with Gasteiger partial charge < -0.3 is 10.1 Å². The number of hydrogen-bond donors (Lipinski definition) is 1. The molecule has 6 heteroatoms.